The predicted octanol–water partition coefficient (Wildman–Crippen LogP) is 0.942. The number of rotatable bonds is 6. The standard InChI is InChI=1S/C23H26N6O4/c1-17(31)25-23(19-12-8-5-9-13-19)29(3)27-21(33)16-20(32)26-28(2)22(24-14-15-30)18-10-6-4-7-11-18/h4-13,15H,14,16H2,1-3H3,(H,26,32)(H,27,33). The maximum atomic E-state index is 12.4. The topological polar surface area (TPSA) is 124 Å². The van der Waals surface area contributed by atoms with Gasteiger partial charge < -0.3 is 4.79 Å². The average molecular weight is 450 g/mol. The first-order chi connectivity index (χ1) is 15.8. The normalized spacial score (nSPS) is 11.4. The van der Waals surface area contributed by atoms with Crippen molar-refractivity contribution in [3.05, 3.63) is 71.8 Å². The van der Waals surface area contributed by atoms with E-state index in [0.29, 0.717) is 23.2 Å². The van der Waals surface area contributed by atoms with Crippen LogP contribution in [0.4, 0.5) is 0 Å². The molecule has 0 unspecified atom stereocenters. The zero-order valence-corrected chi connectivity index (χ0v) is 18.7. The quantitative estimate of drug-likeness (QED) is 0.222. The second-order valence-corrected chi connectivity index (χ2v) is 6.88. The van der Waals surface area contributed by atoms with Crippen LogP contribution in [0.15, 0.2) is 70.6 Å². The summed E-state index contributed by atoms with van der Waals surface area (Å²) >= 11 is 0. The van der Waals surface area contributed by atoms with Gasteiger partial charge in [0.25, 0.3) is 0 Å². The maximum Gasteiger partial charge on any atom is 0.248 e. The van der Waals surface area contributed by atoms with E-state index in [9.17, 15) is 19.2 Å². The Morgan fingerprint density at radius 1 is 0.818 bits per heavy atom. The van der Waals surface area contributed by atoms with Crippen molar-refractivity contribution in [1.82, 2.24) is 20.9 Å². The number of nitrogens with one attached hydrogen (secondary N) is 2. The van der Waals surface area contributed by atoms with Gasteiger partial charge in [-0.3, -0.25) is 40.2 Å². The summed E-state index contributed by atoms with van der Waals surface area (Å²) in [5.74, 6) is -1.03. The van der Waals surface area contributed by atoms with Crippen molar-refractivity contribution in [3.63, 3.8) is 0 Å². The third-order valence-corrected chi connectivity index (χ3v) is 4.18. The Hall–Kier alpha value is -4.34. The first-order valence-electron chi connectivity index (χ1n) is 10.1. The van der Waals surface area contributed by atoms with Crippen molar-refractivity contribution in [2.24, 2.45) is 9.98 Å². The molecular formula is C23H26N6O4. The monoisotopic (exact) mass is 450 g/mol. The number of benzene rings is 2. The molecule has 10 heteroatoms. The van der Waals surface area contributed by atoms with Crippen molar-refractivity contribution >= 4 is 35.7 Å². The highest BCUT2D eigenvalue weighted by molar-refractivity contribution is 6.06. The minimum absolute atomic E-state index is 0.0759. The average Bonchev–Trinajstić information content (AvgIpc) is 2.78. The van der Waals surface area contributed by atoms with Crippen molar-refractivity contribution < 1.29 is 19.2 Å². The Labute approximate surface area is 191 Å². The molecule has 0 aliphatic heterocycles. The molecule has 0 aromatic heterocycles. The third-order valence-electron chi connectivity index (χ3n) is 4.18. The van der Waals surface area contributed by atoms with Crippen LogP contribution in [0.1, 0.15) is 24.5 Å². The van der Waals surface area contributed by atoms with Crippen LogP contribution in [0, 0.1) is 0 Å². The predicted molar refractivity (Wildman–Crippen MR) is 124 cm³/mol. The van der Waals surface area contributed by atoms with Crippen LogP contribution in [0.3, 0.4) is 0 Å². The van der Waals surface area contributed by atoms with Crippen LogP contribution >= 0.6 is 0 Å². The maximum absolute atomic E-state index is 12.4. The molecule has 172 valence electrons. The van der Waals surface area contributed by atoms with Gasteiger partial charge in [0, 0.05) is 32.1 Å². The minimum atomic E-state index is -0.610. The van der Waals surface area contributed by atoms with Gasteiger partial charge in [-0.2, -0.15) is 4.99 Å². The lowest BCUT2D eigenvalue weighted by atomic mass is 10.2. The number of carbonyl (C=O) groups is 4. The fraction of sp³-hybridized carbons (Fsp3) is 0.217. The molecule has 0 atom stereocenters. The number of hydrogen-bond donors (Lipinski definition) is 2. The Balaban J connectivity index is 2.03. The highest BCUT2D eigenvalue weighted by atomic mass is 16.2. The van der Waals surface area contributed by atoms with E-state index in [1.807, 2.05) is 12.1 Å². The van der Waals surface area contributed by atoms with E-state index in [2.05, 4.69) is 20.8 Å². The smallest absolute Gasteiger partial charge is 0.248 e. The molecule has 3 amide bonds. The summed E-state index contributed by atoms with van der Waals surface area (Å²) in [5.41, 5.74) is 6.42. The van der Waals surface area contributed by atoms with E-state index in [0.717, 1.165) is 0 Å². The molecule has 0 radical (unpaired) electrons. The van der Waals surface area contributed by atoms with Crippen LogP contribution in [-0.4, -0.2) is 66.3 Å². The number of carbonyl (C=O) groups excluding carboxylic acids is 4. The molecule has 0 fully saturated rings. The molecule has 0 aliphatic rings. The van der Waals surface area contributed by atoms with Gasteiger partial charge in [0.15, 0.2) is 5.84 Å². The molecule has 2 aromatic carbocycles. The van der Waals surface area contributed by atoms with Crippen molar-refractivity contribution in [2.75, 3.05) is 20.6 Å². The van der Waals surface area contributed by atoms with E-state index in [1.54, 1.807) is 55.6 Å². The molecule has 0 bridgehead atoms. The van der Waals surface area contributed by atoms with E-state index >= 15 is 0 Å². The Morgan fingerprint density at radius 3 is 1.73 bits per heavy atom. The zero-order valence-electron chi connectivity index (χ0n) is 18.7. The van der Waals surface area contributed by atoms with Crippen LogP contribution in [0.25, 0.3) is 0 Å². The molecule has 0 spiro atoms. The summed E-state index contributed by atoms with van der Waals surface area (Å²) in [6, 6.07) is 17.9. The van der Waals surface area contributed by atoms with Gasteiger partial charge in [0.2, 0.25) is 17.7 Å². The van der Waals surface area contributed by atoms with Crippen LogP contribution in [-0.2, 0) is 19.2 Å². The Kier molecular flexibility index (Phi) is 9.44. The van der Waals surface area contributed by atoms with Crippen LogP contribution in [0.5, 0.6) is 0 Å². The van der Waals surface area contributed by atoms with Crippen LogP contribution < -0.4 is 10.9 Å². The summed E-state index contributed by atoms with van der Waals surface area (Å²) in [6.45, 7) is 1.23. The largest absolute Gasteiger partial charge is 0.301 e. The van der Waals surface area contributed by atoms with Crippen molar-refractivity contribution in [2.45, 2.75) is 13.3 Å². The highest BCUT2D eigenvalue weighted by Crippen LogP contribution is 2.05. The molecule has 2 rings (SSSR count). The molecule has 0 heterocycles. The minimum Gasteiger partial charge on any atom is -0.301 e. The van der Waals surface area contributed by atoms with Gasteiger partial charge >= 0.3 is 0 Å². The highest BCUT2D eigenvalue weighted by Gasteiger charge is 2.18. The second-order valence-electron chi connectivity index (χ2n) is 6.88. The van der Waals surface area contributed by atoms with E-state index < -0.39 is 24.1 Å². The molecular weight excluding hydrogens is 424 g/mol. The van der Waals surface area contributed by atoms with Gasteiger partial charge in [-0.1, -0.05) is 60.7 Å². The summed E-state index contributed by atoms with van der Waals surface area (Å²) in [4.78, 5) is 55.3. The number of hydrogen-bond acceptors (Lipinski definition) is 5. The van der Waals surface area contributed by atoms with Gasteiger partial charge in [-0.15, -0.1) is 0 Å². The summed E-state index contributed by atoms with van der Waals surface area (Å²) in [6.07, 6.45) is 0.154. The lowest BCUT2D eigenvalue weighted by Crippen LogP contribution is -2.48. The summed E-state index contributed by atoms with van der Waals surface area (Å²) < 4.78 is 0. The number of amidine groups is 2. The number of nitrogens with zero attached hydrogens (tertiary/aromatic N) is 4. The Morgan fingerprint density at radius 2 is 1.27 bits per heavy atom. The molecule has 0 aliphatic carbocycles. The number of hydrazine groups is 2. The summed E-state index contributed by atoms with van der Waals surface area (Å²) in [7, 11) is 3.09. The molecule has 33 heavy (non-hydrogen) atoms. The third kappa shape index (κ3) is 8.02. The van der Waals surface area contributed by atoms with Crippen molar-refractivity contribution in [1.29, 1.82) is 0 Å². The fourth-order valence-electron chi connectivity index (χ4n) is 2.88. The second kappa shape index (κ2) is 12.5. The molecule has 10 nitrogen and oxygen atoms in total. The number of amides is 3. The lowest BCUT2D eigenvalue weighted by molar-refractivity contribution is -0.132. The number of aliphatic imine (C=N–C) groups is 2. The van der Waals surface area contributed by atoms with E-state index in [-0.39, 0.29) is 12.4 Å². The van der Waals surface area contributed by atoms with Crippen molar-refractivity contribution in [3.8, 4) is 0 Å². The SMILES string of the molecule is CC(=O)N=C(c1ccccc1)N(C)NC(=O)CC(=O)NN(C)C(=NCC=O)c1ccccc1. The zero-order chi connectivity index (χ0) is 24.2. The fourth-order valence-corrected chi connectivity index (χ4v) is 2.88. The van der Waals surface area contributed by atoms with Gasteiger partial charge in [-0.05, 0) is 0 Å². The van der Waals surface area contributed by atoms with E-state index in [4.69, 9.17) is 0 Å². The molecule has 0 saturated carbocycles. The molecule has 2 aromatic rings. The van der Waals surface area contributed by atoms with Gasteiger partial charge in [-0.25, -0.2) is 0 Å². The summed E-state index contributed by atoms with van der Waals surface area (Å²) in [5, 5.41) is 2.64. The number of aldehydes is 1. The van der Waals surface area contributed by atoms with E-state index in [1.165, 1.54) is 24.0 Å². The molecule has 0 saturated heterocycles. The lowest BCUT2D eigenvalue weighted by Gasteiger charge is -2.24. The molecule has 2 N–H and O–H groups in total. The van der Waals surface area contributed by atoms with Crippen LogP contribution in [0.2, 0.25) is 0 Å². The first kappa shape index (κ1) is 24.9. The van der Waals surface area contributed by atoms with Gasteiger partial charge in [0.05, 0.1) is 6.54 Å². The first-order valence-corrected chi connectivity index (χ1v) is 10.1. The Bertz CT molecular complexity index is 1040. The van der Waals surface area contributed by atoms with Gasteiger partial charge in [0.1, 0.15) is 18.5 Å².